The minimum atomic E-state index is -0.454. The van der Waals surface area contributed by atoms with E-state index < -0.39 is 4.92 Å². The number of nitro benzene ring substituents is 1. The lowest BCUT2D eigenvalue weighted by molar-refractivity contribution is -0.383. The summed E-state index contributed by atoms with van der Waals surface area (Å²) in [7, 11) is 0. The third-order valence-electron chi connectivity index (χ3n) is 5.74. The van der Waals surface area contributed by atoms with Crippen molar-refractivity contribution in [3.05, 3.63) is 57.6 Å². The molecule has 1 amide bonds. The van der Waals surface area contributed by atoms with Gasteiger partial charge in [0.15, 0.2) is 11.5 Å². The van der Waals surface area contributed by atoms with E-state index in [0.29, 0.717) is 42.3 Å². The van der Waals surface area contributed by atoms with Crippen molar-refractivity contribution >= 4 is 28.5 Å². The molecule has 31 heavy (non-hydrogen) atoms. The number of carbonyl (C=O) groups excluding carboxylic acids is 1. The maximum absolute atomic E-state index is 12.7. The Bertz CT molecular complexity index is 1080. The van der Waals surface area contributed by atoms with Crippen LogP contribution in [0.5, 0.6) is 11.5 Å². The fourth-order valence-electron chi connectivity index (χ4n) is 3.80. The van der Waals surface area contributed by atoms with Gasteiger partial charge in [-0.3, -0.25) is 19.8 Å². The number of benzene rings is 2. The molecule has 2 aliphatic heterocycles. The quantitative estimate of drug-likeness (QED) is 0.429. The summed E-state index contributed by atoms with van der Waals surface area (Å²) in [6, 6.07) is 8.36. The van der Waals surface area contributed by atoms with E-state index in [9.17, 15) is 14.9 Å². The van der Waals surface area contributed by atoms with Gasteiger partial charge in [0, 0.05) is 30.9 Å². The predicted octanol–water partition coefficient (Wildman–Crippen LogP) is 3.33. The van der Waals surface area contributed by atoms with E-state index in [0.717, 1.165) is 11.1 Å². The molecule has 0 aromatic heterocycles. The Labute approximate surface area is 179 Å². The van der Waals surface area contributed by atoms with Crippen LogP contribution >= 0.6 is 0 Å². The molecule has 0 saturated carbocycles. The van der Waals surface area contributed by atoms with Gasteiger partial charge in [-0.05, 0) is 55.2 Å². The first-order valence-corrected chi connectivity index (χ1v) is 10.0. The minimum Gasteiger partial charge on any atom is -0.454 e. The summed E-state index contributed by atoms with van der Waals surface area (Å²) in [5.74, 6) is 1.16. The third kappa shape index (κ3) is 4.17. The Morgan fingerprint density at radius 3 is 2.74 bits per heavy atom. The molecular formula is C22H24N4O5. The van der Waals surface area contributed by atoms with Gasteiger partial charge < -0.3 is 20.5 Å². The Morgan fingerprint density at radius 2 is 2.03 bits per heavy atom. The minimum absolute atomic E-state index is 0.0743. The van der Waals surface area contributed by atoms with Gasteiger partial charge >= 0.3 is 0 Å². The summed E-state index contributed by atoms with van der Waals surface area (Å²) < 4.78 is 10.6. The first-order valence-electron chi connectivity index (χ1n) is 10.0. The van der Waals surface area contributed by atoms with E-state index in [2.05, 4.69) is 10.2 Å². The summed E-state index contributed by atoms with van der Waals surface area (Å²) in [5, 5.41) is 14.2. The zero-order valence-corrected chi connectivity index (χ0v) is 17.4. The van der Waals surface area contributed by atoms with Crippen LogP contribution in [-0.2, 0) is 4.79 Å². The van der Waals surface area contributed by atoms with Gasteiger partial charge in [0.25, 0.3) is 5.69 Å². The van der Waals surface area contributed by atoms with Gasteiger partial charge in [-0.2, -0.15) is 0 Å². The molecule has 9 nitrogen and oxygen atoms in total. The van der Waals surface area contributed by atoms with Crippen molar-refractivity contribution in [2.45, 2.75) is 26.3 Å². The molecule has 2 aromatic rings. The van der Waals surface area contributed by atoms with Crippen LogP contribution < -0.4 is 20.5 Å². The first kappa shape index (κ1) is 20.7. The molecule has 0 aliphatic carbocycles. The van der Waals surface area contributed by atoms with Crippen LogP contribution in [0.1, 0.15) is 24.5 Å². The SMILES string of the molecule is Cc1cc(C2=CCN([C@@H](C)C(=O)Nc3ccc4c(c3)OCO4)CC2)cc([N+](=O)[O-])c1N. The van der Waals surface area contributed by atoms with Gasteiger partial charge in [-0.1, -0.05) is 6.08 Å². The summed E-state index contributed by atoms with van der Waals surface area (Å²) >= 11 is 0. The van der Waals surface area contributed by atoms with E-state index in [1.807, 2.05) is 19.1 Å². The van der Waals surface area contributed by atoms with Crippen molar-refractivity contribution in [1.82, 2.24) is 4.90 Å². The number of nitro groups is 1. The van der Waals surface area contributed by atoms with Crippen molar-refractivity contribution in [3.8, 4) is 11.5 Å². The molecule has 0 fully saturated rings. The molecule has 0 radical (unpaired) electrons. The number of hydrogen-bond donors (Lipinski definition) is 2. The average molecular weight is 424 g/mol. The van der Waals surface area contributed by atoms with Gasteiger partial charge in [0.1, 0.15) is 5.69 Å². The number of rotatable bonds is 5. The fraction of sp³-hybridized carbons (Fsp3) is 0.318. The number of anilines is 2. The molecule has 2 aromatic carbocycles. The second-order valence-electron chi connectivity index (χ2n) is 7.69. The number of hydrogen-bond acceptors (Lipinski definition) is 7. The van der Waals surface area contributed by atoms with Gasteiger partial charge in [0.05, 0.1) is 11.0 Å². The summed E-state index contributed by atoms with van der Waals surface area (Å²) in [6.07, 6.45) is 2.70. The van der Waals surface area contributed by atoms with Crippen molar-refractivity contribution in [3.63, 3.8) is 0 Å². The van der Waals surface area contributed by atoms with Crippen molar-refractivity contribution in [1.29, 1.82) is 0 Å². The van der Waals surface area contributed by atoms with Gasteiger partial charge in [-0.25, -0.2) is 0 Å². The van der Waals surface area contributed by atoms with Crippen LogP contribution in [0, 0.1) is 17.0 Å². The molecule has 0 saturated heterocycles. The van der Waals surface area contributed by atoms with E-state index in [1.54, 1.807) is 25.1 Å². The molecule has 1 atom stereocenters. The van der Waals surface area contributed by atoms with Crippen LogP contribution in [-0.4, -0.2) is 41.7 Å². The highest BCUT2D eigenvalue weighted by Crippen LogP contribution is 2.35. The number of aryl methyl sites for hydroxylation is 1. The summed E-state index contributed by atoms with van der Waals surface area (Å²) in [6.45, 7) is 5.05. The Hall–Kier alpha value is -3.59. The van der Waals surface area contributed by atoms with Crippen molar-refractivity contribution in [2.24, 2.45) is 0 Å². The highest BCUT2D eigenvalue weighted by molar-refractivity contribution is 5.95. The van der Waals surface area contributed by atoms with E-state index >= 15 is 0 Å². The second-order valence-corrected chi connectivity index (χ2v) is 7.69. The lowest BCUT2D eigenvalue weighted by Crippen LogP contribution is -2.44. The zero-order chi connectivity index (χ0) is 22.1. The molecule has 0 bridgehead atoms. The Morgan fingerprint density at radius 1 is 1.26 bits per heavy atom. The lowest BCUT2D eigenvalue weighted by Gasteiger charge is -2.31. The smallest absolute Gasteiger partial charge is 0.292 e. The molecule has 162 valence electrons. The van der Waals surface area contributed by atoms with Crippen molar-refractivity contribution < 1.29 is 19.2 Å². The average Bonchev–Trinajstić information content (AvgIpc) is 3.22. The standard InChI is InChI=1S/C22H24N4O5/c1-13-9-16(10-18(21(13)23)26(28)29)15-5-7-25(8-6-15)14(2)22(27)24-17-3-4-19-20(11-17)31-12-30-19/h3-5,9-11,14H,6-8,12,23H2,1-2H3,(H,24,27)/t14-/m0/s1. The predicted molar refractivity (Wildman–Crippen MR) is 117 cm³/mol. The number of amides is 1. The molecule has 4 rings (SSSR count). The molecule has 9 heteroatoms. The molecule has 3 N–H and O–H groups in total. The van der Waals surface area contributed by atoms with E-state index in [4.69, 9.17) is 15.2 Å². The number of carbonyl (C=O) groups is 1. The Kier molecular flexibility index (Phi) is 5.51. The monoisotopic (exact) mass is 424 g/mol. The maximum Gasteiger partial charge on any atom is 0.292 e. The number of fused-ring (bicyclic) bond motifs is 1. The zero-order valence-electron chi connectivity index (χ0n) is 17.4. The van der Waals surface area contributed by atoms with E-state index in [-0.39, 0.29) is 30.1 Å². The van der Waals surface area contributed by atoms with Crippen LogP contribution in [0.15, 0.2) is 36.4 Å². The maximum atomic E-state index is 12.7. The molecule has 0 spiro atoms. The van der Waals surface area contributed by atoms with E-state index in [1.165, 1.54) is 6.07 Å². The Balaban J connectivity index is 1.43. The van der Waals surface area contributed by atoms with Crippen LogP contribution in [0.3, 0.4) is 0 Å². The lowest BCUT2D eigenvalue weighted by atomic mass is 9.96. The molecule has 2 aliphatic rings. The number of nitrogens with zero attached hydrogens (tertiary/aromatic N) is 2. The van der Waals surface area contributed by atoms with Gasteiger partial charge in [-0.15, -0.1) is 0 Å². The van der Waals surface area contributed by atoms with Crippen molar-refractivity contribution in [2.75, 3.05) is 30.9 Å². The van der Waals surface area contributed by atoms with Crippen LogP contribution in [0.4, 0.5) is 17.1 Å². The second kappa shape index (κ2) is 8.27. The highest BCUT2D eigenvalue weighted by Gasteiger charge is 2.25. The number of ether oxygens (including phenoxy) is 2. The first-order chi connectivity index (χ1) is 14.8. The molecule has 0 unspecified atom stereocenters. The summed E-state index contributed by atoms with van der Waals surface area (Å²) in [5.41, 5.74) is 9.12. The highest BCUT2D eigenvalue weighted by atomic mass is 16.7. The number of nitrogen functional groups attached to an aromatic ring is 1. The van der Waals surface area contributed by atoms with Crippen LogP contribution in [0.25, 0.3) is 5.57 Å². The topological polar surface area (TPSA) is 120 Å². The molecule has 2 heterocycles. The van der Waals surface area contributed by atoms with Crippen LogP contribution in [0.2, 0.25) is 0 Å². The van der Waals surface area contributed by atoms with Gasteiger partial charge in [0.2, 0.25) is 12.7 Å². The number of nitrogens with two attached hydrogens (primary N) is 1. The largest absolute Gasteiger partial charge is 0.454 e. The third-order valence-corrected chi connectivity index (χ3v) is 5.74. The number of nitrogens with one attached hydrogen (secondary N) is 1. The normalized spacial score (nSPS) is 16.5. The summed E-state index contributed by atoms with van der Waals surface area (Å²) in [4.78, 5) is 25.6. The fourth-order valence-corrected chi connectivity index (χ4v) is 3.80. The molecular weight excluding hydrogens is 400 g/mol.